The van der Waals surface area contributed by atoms with E-state index in [0.717, 1.165) is 6.42 Å². The predicted molar refractivity (Wildman–Crippen MR) is 71.2 cm³/mol. The highest BCUT2D eigenvalue weighted by Crippen LogP contribution is 2.19. The fraction of sp³-hybridized carbons (Fsp3) is 1.00. The number of aliphatic hydroxyl groups excluding tert-OH is 1. The molecule has 2 aliphatic rings. The molecule has 2 unspecified atom stereocenters. The molecular formula is C14H28N2O. The smallest absolute Gasteiger partial charge is 0.0667 e. The first-order chi connectivity index (χ1) is 8.27. The molecule has 0 radical (unpaired) electrons. The Balaban J connectivity index is 1.69. The van der Waals surface area contributed by atoms with Gasteiger partial charge in [0.15, 0.2) is 0 Å². The summed E-state index contributed by atoms with van der Waals surface area (Å²) in [5, 5.41) is 9.91. The van der Waals surface area contributed by atoms with Crippen molar-refractivity contribution in [2.24, 2.45) is 0 Å². The summed E-state index contributed by atoms with van der Waals surface area (Å²) in [6.45, 7) is 8.17. The highest BCUT2D eigenvalue weighted by molar-refractivity contribution is 4.80. The highest BCUT2D eigenvalue weighted by Gasteiger charge is 2.25. The van der Waals surface area contributed by atoms with Crippen molar-refractivity contribution in [3.05, 3.63) is 0 Å². The lowest BCUT2D eigenvalue weighted by Gasteiger charge is -2.30. The molecule has 100 valence electrons. The molecule has 0 aromatic heterocycles. The molecule has 2 fully saturated rings. The molecule has 3 nitrogen and oxygen atoms in total. The summed E-state index contributed by atoms with van der Waals surface area (Å²) in [6.07, 6.45) is 7.62. The molecule has 1 N–H and O–H groups in total. The van der Waals surface area contributed by atoms with Gasteiger partial charge in [-0.2, -0.15) is 0 Å². The monoisotopic (exact) mass is 240 g/mol. The molecule has 0 amide bonds. The zero-order chi connectivity index (χ0) is 12.1. The van der Waals surface area contributed by atoms with Gasteiger partial charge >= 0.3 is 0 Å². The van der Waals surface area contributed by atoms with Crippen LogP contribution in [0.5, 0.6) is 0 Å². The van der Waals surface area contributed by atoms with Gasteiger partial charge in [0.05, 0.1) is 6.10 Å². The van der Waals surface area contributed by atoms with Crippen molar-refractivity contribution in [3.63, 3.8) is 0 Å². The van der Waals surface area contributed by atoms with E-state index in [4.69, 9.17) is 0 Å². The van der Waals surface area contributed by atoms with E-state index in [-0.39, 0.29) is 6.10 Å². The van der Waals surface area contributed by atoms with Gasteiger partial charge < -0.3 is 10.0 Å². The second-order valence-corrected chi connectivity index (χ2v) is 5.74. The third-order valence-corrected chi connectivity index (χ3v) is 4.34. The van der Waals surface area contributed by atoms with E-state index in [2.05, 4.69) is 9.80 Å². The van der Waals surface area contributed by atoms with Crippen LogP contribution in [0.1, 0.15) is 45.4 Å². The van der Waals surface area contributed by atoms with Crippen LogP contribution in [0.2, 0.25) is 0 Å². The minimum Gasteiger partial charge on any atom is -0.392 e. The Morgan fingerprint density at radius 3 is 2.18 bits per heavy atom. The minimum absolute atomic E-state index is 0.174. The van der Waals surface area contributed by atoms with Crippen LogP contribution in [0.15, 0.2) is 0 Å². The first kappa shape index (κ1) is 13.3. The van der Waals surface area contributed by atoms with E-state index in [9.17, 15) is 5.11 Å². The van der Waals surface area contributed by atoms with Crippen LogP contribution in [0.25, 0.3) is 0 Å². The van der Waals surface area contributed by atoms with Crippen LogP contribution in [-0.2, 0) is 0 Å². The Kier molecular flexibility index (Phi) is 5.26. The topological polar surface area (TPSA) is 26.7 Å². The van der Waals surface area contributed by atoms with Crippen molar-refractivity contribution in [1.29, 1.82) is 0 Å². The van der Waals surface area contributed by atoms with Gasteiger partial charge in [-0.15, -0.1) is 0 Å². The zero-order valence-corrected chi connectivity index (χ0v) is 11.3. The van der Waals surface area contributed by atoms with E-state index < -0.39 is 0 Å². The predicted octanol–water partition coefficient (Wildman–Crippen LogP) is 1.71. The average molecular weight is 240 g/mol. The number of rotatable bonds is 6. The molecule has 2 saturated heterocycles. The highest BCUT2D eigenvalue weighted by atomic mass is 16.3. The van der Waals surface area contributed by atoms with Gasteiger partial charge in [0.1, 0.15) is 0 Å². The SMILES string of the molecule is CC(O)C(CCCN1CCCC1)N1CCCC1. The summed E-state index contributed by atoms with van der Waals surface area (Å²) in [4.78, 5) is 5.07. The maximum atomic E-state index is 9.91. The molecule has 0 spiro atoms. The summed E-state index contributed by atoms with van der Waals surface area (Å²) in [7, 11) is 0. The van der Waals surface area contributed by atoms with Crippen molar-refractivity contribution in [1.82, 2.24) is 9.80 Å². The second kappa shape index (κ2) is 6.72. The third kappa shape index (κ3) is 3.94. The van der Waals surface area contributed by atoms with Crippen LogP contribution in [0.3, 0.4) is 0 Å². The number of aliphatic hydroxyl groups is 1. The summed E-state index contributed by atoms with van der Waals surface area (Å²) < 4.78 is 0. The average Bonchev–Trinajstić information content (AvgIpc) is 2.96. The summed E-state index contributed by atoms with van der Waals surface area (Å²) in [6, 6.07) is 0.403. The van der Waals surface area contributed by atoms with Gasteiger partial charge in [-0.3, -0.25) is 4.90 Å². The molecule has 2 aliphatic heterocycles. The maximum Gasteiger partial charge on any atom is 0.0667 e. The zero-order valence-electron chi connectivity index (χ0n) is 11.3. The normalized spacial score (nSPS) is 26.5. The first-order valence-corrected chi connectivity index (χ1v) is 7.42. The van der Waals surface area contributed by atoms with E-state index >= 15 is 0 Å². The van der Waals surface area contributed by atoms with Crippen molar-refractivity contribution in [2.75, 3.05) is 32.7 Å². The Labute approximate surface area is 106 Å². The molecular weight excluding hydrogens is 212 g/mol. The van der Waals surface area contributed by atoms with Gasteiger partial charge in [-0.25, -0.2) is 0 Å². The number of hydrogen-bond acceptors (Lipinski definition) is 3. The van der Waals surface area contributed by atoms with Gasteiger partial charge in [-0.05, 0) is 78.2 Å². The minimum atomic E-state index is -0.174. The maximum absolute atomic E-state index is 9.91. The molecule has 0 bridgehead atoms. The van der Waals surface area contributed by atoms with E-state index in [1.807, 2.05) is 6.92 Å². The summed E-state index contributed by atoms with van der Waals surface area (Å²) in [5.41, 5.74) is 0. The second-order valence-electron chi connectivity index (χ2n) is 5.74. The van der Waals surface area contributed by atoms with Crippen LogP contribution in [-0.4, -0.2) is 59.8 Å². The Morgan fingerprint density at radius 2 is 1.59 bits per heavy atom. The van der Waals surface area contributed by atoms with Crippen LogP contribution in [0.4, 0.5) is 0 Å². The Hall–Kier alpha value is -0.120. The number of nitrogens with zero attached hydrogens (tertiary/aromatic N) is 2. The molecule has 0 aromatic carbocycles. The number of likely N-dealkylation sites (tertiary alicyclic amines) is 2. The lowest BCUT2D eigenvalue weighted by molar-refractivity contribution is 0.0670. The largest absolute Gasteiger partial charge is 0.392 e. The van der Waals surface area contributed by atoms with E-state index in [1.165, 1.54) is 64.8 Å². The van der Waals surface area contributed by atoms with Crippen molar-refractivity contribution < 1.29 is 5.11 Å². The molecule has 2 atom stereocenters. The number of hydrogen-bond donors (Lipinski definition) is 1. The summed E-state index contributed by atoms with van der Waals surface area (Å²) in [5.74, 6) is 0. The lowest BCUT2D eigenvalue weighted by Crippen LogP contribution is -2.41. The molecule has 3 heteroatoms. The molecule has 0 aromatic rings. The van der Waals surface area contributed by atoms with Crippen LogP contribution in [0, 0.1) is 0 Å². The van der Waals surface area contributed by atoms with Gasteiger partial charge in [0, 0.05) is 6.04 Å². The van der Waals surface area contributed by atoms with Gasteiger partial charge in [0.2, 0.25) is 0 Å². The lowest BCUT2D eigenvalue weighted by atomic mass is 10.0. The fourth-order valence-corrected chi connectivity index (χ4v) is 3.33. The first-order valence-electron chi connectivity index (χ1n) is 7.42. The van der Waals surface area contributed by atoms with Crippen LogP contribution < -0.4 is 0 Å². The molecule has 2 rings (SSSR count). The van der Waals surface area contributed by atoms with Gasteiger partial charge in [0.25, 0.3) is 0 Å². The molecule has 0 aliphatic carbocycles. The molecule has 2 heterocycles. The van der Waals surface area contributed by atoms with E-state index in [1.54, 1.807) is 0 Å². The Bertz CT molecular complexity index is 208. The summed E-state index contributed by atoms with van der Waals surface area (Å²) >= 11 is 0. The van der Waals surface area contributed by atoms with Crippen molar-refractivity contribution in [3.8, 4) is 0 Å². The molecule has 17 heavy (non-hydrogen) atoms. The fourth-order valence-electron chi connectivity index (χ4n) is 3.33. The quantitative estimate of drug-likeness (QED) is 0.765. The van der Waals surface area contributed by atoms with Crippen LogP contribution >= 0.6 is 0 Å². The van der Waals surface area contributed by atoms with E-state index in [0.29, 0.717) is 6.04 Å². The van der Waals surface area contributed by atoms with Crippen molar-refractivity contribution in [2.45, 2.75) is 57.6 Å². The third-order valence-electron chi connectivity index (χ3n) is 4.34. The standard InChI is InChI=1S/C14H28N2O/c1-13(17)14(16-11-4-5-12-16)7-6-10-15-8-2-3-9-15/h13-14,17H,2-12H2,1H3. The Morgan fingerprint density at radius 1 is 1.00 bits per heavy atom. The molecule has 0 saturated carbocycles. The van der Waals surface area contributed by atoms with Crippen molar-refractivity contribution >= 4 is 0 Å². The van der Waals surface area contributed by atoms with Gasteiger partial charge in [-0.1, -0.05) is 0 Å².